The number of morpholine rings is 1. The Morgan fingerprint density at radius 2 is 1.95 bits per heavy atom. The highest BCUT2D eigenvalue weighted by Crippen LogP contribution is 2.28. The Hall–Kier alpha value is -1.02. The first-order valence-corrected chi connectivity index (χ1v) is 9.04. The molecule has 3 rings (SSSR count). The van der Waals surface area contributed by atoms with Gasteiger partial charge in [-0.25, -0.2) is 17.5 Å². The predicted octanol–water partition coefficient (Wildman–Crippen LogP) is 1.28. The second-order valence-corrected chi connectivity index (χ2v) is 7.72. The van der Waals surface area contributed by atoms with Crippen LogP contribution in [0, 0.1) is 12.7 Å². The van der Waals surface area contributed by atoms with Crippen molar-refractivity contribution in [3.63, 3.8) is 0 Å². The van der Waals surface area contributed by atoms with Crippen LogP contribution in [0.4, 0.5) is 4.39 Å². The van der Waals surface area contributed by atoms with E-state index >= 15 is 0 Å². The maximum absolute atomic E-state index is 13.3. The van der Waals surface area contributed by atoms with Crippen LogP contribution in [-0.4, -0.2) is 51.7 Å². The zero-order valence-corrected chi connectivity index (χ0v) is 13.4. The lowest BCUT2D eigenvalue weighted by atomic mass is 9.86. The highest BCUT2D eigenvalue weighted by atomic mass is 32.2. The molecule has 0 aromatic heterocycles. The van der Waals surface area contributed by atoms with E-state index < -0.39 is 15.8 Å². The van der Waals surface area contributed by atoms with Crippen LogP contribution in [0.1, 0.15) is 18.4 Å². The summed E-state index contributed by atoms with van der Waals surface area (Å²) in [6, 6.07) is 4.27. The van der Waals surface area contributed by atoms with Crippen LogP contribution in [0.5, 0.6) is 0 Å². The first kappa shape index (κ1) is 15.9. The summed E-state index contributed by atoms with van der Waals surface area (Å²) in [5.74, 6) is -0.394. The molecule has 0 bridgehead atoms. The number of benzene rings is 1. The molecule has 22 heavy (non-hydrogen) atoms. The van der Waals surface area contributed by atoms with Crippen molar-refractivity contribution in [2.45, 2.75) is 36.7 Å². The van der Waals surface area contributed by atoms with Crippen molar-refractivity contribution < 1.29 is 17.5 Å². The Balaban J connectivity index is 1.58. The molecule has 1 saturated carbocycles. The van der Waals surface area contributed by atoms with Crippen LogP contribution < -0.4 is 4.72 Å². The molecule has 5 nitrogen and oxygen atoms in total. The number of nitrogens with zero attached hydrogens (tertiary/aromatic N) is 1. The van der Waals surface area contributed by atoms with Gasteiger partial charge in [-0.3, -0.25) is 4.90 Å². The van der Waals surface area contributed by atoms with Crippen molar-refractivity contribution >= 4 is 10.0 Å². The molecule has 1 saturated heterocycles. The molecule has 2 fully saturated rings. The minimum absolute atomic E-state index is 0.0387. The fraction of sp³-hybridized carbons (Fsp3) is 0.600. The van der Waals surface area contributed by atoms with Crippen molar-refractivity contribution in [2.75, 3.05) is 26.3 Å². The fourth-order valence-corrected chi connectivity index (χ4v) is 4.34. The highest BCUT2D eigenvalue weighted by molar-refractivity contribution is 7.89. The summed E-state index contributed by atoms with van der Waals surface area (Å²) >= 11 is 0. The van der Waals surface area contributed by atoms with Crippen LogP contribution in [0.15, 0.2) is 23.1 Å². The fourth-order valence-electron chi connectivity index (χ4n) is 3.00. The molecule has 7 heteroatoms. The van der Waals surface area contributed by atoms with Gasteiger partial charge in [0.05, 0.1) is 18.1 Å². The van der Waals surface area contributed by atoms with E-state index in [2.05, 4.69) is 9.62 Å². The van der Waals surface area contributed by atoms with E-state index in [0.717, 1.165) is 39.1 Å². The second kappa shape index (κ2) is 6.23. The number of halogens is 1. The van der Waals surface area contributed by atoms with Crippen molar-refractivity contribution in [1.29, 1.82) is 0 Å². The van der Waals surface area contributed by atoms with Gasteiger partial charge in [-0.1, -0.05) is 0 Å². The summed E-state index contributed by atoms with van der Waals surface area (Å²) in [4.78, 5) is 2.48. The van der Waals surface area contributed by atoms with Crippen LogP contribution in [0.3, 0.4) is 0 Å². The number of hydrogen-bond donors (Lipinski definition) is 1. The van der Waals surface area contributed by atoms with Crippen LogP contribution >= 0.6 is 0 Å². The van der Waals surface area contributed by atoms with Gasteiger partial charge in [-0.15, -0.1) is 0 Å². The minimum Gasteiger partial charge on any atom is -0.379 e. The number of hydrogen-bond acceptors (Lipinski definition) is 4. The predicted molar refractivity (Wildman–Crippen MR) is 80.7 cm³/mol. The minimum atomic E-state index is -3.57. The van der Waals surface area contributed by atoms with Gasteiger partial charge in [0.1, 0.15) is 5.82 Å². The first-order valence-electron chi connectivity index (χ1n) is 7.56. The molecule has 1 aromatic carbocycles. The molecule has 1 aliphatic heterocycles. The summed E-state index contributed by atoms with van der Waals surface area (Å²) < 4.78 is 45.9. The lowest BCUT2D eigenvalue weighted by molar-refractivity contribution is -0.00771. The standard InChI is InChI=1S/C15H21FN2O3S/c1-11-8-14(2-3-15(11)16)22(19,20)17-12-9-13(10-12)18-4-6-21-7-5-18/h2-3,8,12-13,17H,4-7,9-10H2,1H3. The second-order valence-electron chi connectivity index (χ2n) is 6.00. The molecule has 1 heterocycles. The van der Waals surface area contributed by atoms with Gasteiger partial charge >= 0.3 is 0 Å². The third-order valence-corrected chi connectivity index (χ3v) is 5.95. The maximum Gasteiger partial charge on any atom is 0.240 e. The van der Waals surface area contributed by atoms with Crippen molar-refractivity contribution in [3.8, 4) is 0 Å². The lowest BCUT2D eigenvalue weighted by Gasteiger charge is -2.44. The largest absolute Gasteiger partial charge is 0.379 e. The summed E-state index contributed by atoms with van der Waals surface area (Å²) in [5.41, 5.74) is 0.336. The molecule has 1 N–H and O–H groups in total. The molecule has 2 aliphatic rings. The monoisotopic (exact) mass is 328 g/mol. The quantitative estimate of drug-likeness (QED) is 0.904. The zero-order valence-electron chi connectivity index (χ0n) is 12.6. The van der Waals surface area contributed by atoms with E-state index in [0.29, 0.717) is 11.6 Å². The number of aryl methyl sites for hydroxylation is 1. The summed E-state index contributed by atoms with van der Waals surface area (Å²) in [6.07, 6.45) is 1.64. The Kier molecular flexibility index (Phi) is 4.49. The van der Waals surface area contributed by atoms with Gasteiger partial charge < -0.3 is 4.74 Å². The van der Waals surface area contributed by atoms with E-state index in [-0.39, 0.29) is 10.9 Å². The van der Waals surface area contributed by atoms with E-state index in [1.165, 1.54) is 18.2 Å². The Morgan fingerprint density at radius 3 is 2.59 bits per heavy atom. The Bertz CT molecular complexity index is 638. The Morgan fingerprint density at radius 1 is 1.27 bits per heavy atom. The molecule has 0 amide bonds. The summed E-state index contributed by atoms with van der Waals surface area (Å²) in [7, 11) is -3.57. The SMILES string of the molecule is Cc1cc(S(=O)(=O)NC2CC(N3CCOCC3)C2)ccc1F. The molecule has 1 aromatic rings. The van der Waals surface area contributed by atoms with Crippen molar-refractivity contribution in [3.05, 3.63) is 29.6 Å². The molecular weight excluding hydrogens is 307 g/mol. The van der Waals surface area contributed by atoms with Gasteiger partial charge in [-0.05, 0) is 43.5 Å². The Labute approximate surface area is 130 Å². The third kappa shape index (κ3) is 3.32. The third-order valence-electron chi connectivity index (χ3n) is 4.44. The van der Waals surface area contributed by atoms with Gasteiger partial charge in [0.2, 0.25) is 10.0 Å². The molecular formula is C15H21FN2O3S. The van der Waals surface area contributed by atoms with E-state index in [4.69, 9.17) is 4.74 Å². The van der Waals surface area contributed by atoms with Crippen LogP contribution in [0.25, 0.3) is 0 Å². The van der Waals surface area contributed by atoms with Gasteiger partial charge in [-0.2, -0.15) is 0 Å². The zero-order chi connectivity index (χ0) is 15.7. The number of rotatable bonds is 4. The normalized spacial score (nSPS) is 26.6. The maximum atomic E-state index is 13.3. The molecule has 0 spiro atoms. The molecule has 0 atom stereocenters. The number of sulfonamides is 1. The molecule has 1 aliphatic carbocycles. The average Bonchev–Trinajstić information content (AvgIpc) is 2.46. The molecule has 122 valence electrons. The van der Waals surface area contributed by atoms with Crippen LogP contribution in [0.2, 0.25) is 0 Å². The lowest BCUT2D eigenvalue weighted by Crippen LogP contribution is -2.56. The molecule has 0 radical (unpaired) electrons. The highest BCUT2D eigenvalue weighted by Gasteiger charge is 2.36. The van der Waals surface area contributed by atoms with E-state index in [9.17, 15) is 12.8 Å². The smallest absolute Gasteiger partial charge is 0.240 e. The topological polar surface area (TPSA) is 58.6 Å². The van der Waals surface area contributed by atoms with Gasteiger partial charge in [0, 0.05) is 25.2 Å². The average molecular weight is 328 g/mol. The van der Waals surface area contributed by atoms with E-state index in [1.807, 2.05) is 0 Å². The summed E-state index contributed by atoms with van der Waals surface area (Å²) in [6.45, 7) is 4.90. The van der Waals surface area contributed by atoms with E-state index in [1.54, 1.807) is 6.92 Å². The first-order chi connectivity index (χ1) is 10.5. The van der Waals surface area contributed by atoms with Gasteiger partial charge in [0.15, 0.2) is 0 Å². The summed E-state index contributed by atoms with van der Waals surface area (Å²) in [5, 5.41) is 0. The number of nitrogens with one attached hydrogen (secondary N) is 1. The molecule has 0 unspecified atom stereocenters. The van der Waals surface area contributed by atoms with Crippen molar-refractivity contribution in [2.24, 2.45) is 0 Å². The van der Waals surface area contributed by atoms with Crippen molar-refractivity contribution in [1.82, 2.24) is 9.62 Å². The van der Waals surface area contributed by atoms with Crippen LogP contribution in [-0.2, 0) is 14.8 Å². The van der Waals surface area contributed by atoms with Gasteiger partial charge in [0.25, 0.3) is 0 Å². The number of ether oxygens (including phenoxy) is 1.